The molecule has 2 aromatic rings. The highest BCUT2D eigenvalue weighted by Crippen LogP contribution is 2.19. The van der Waals surface area contributed by atoms with Crippen LogP contribution in [0.2, 0.25) is 0 Å². The topological polar surface area (TPSA) is 89.8 Å². The minimum atomic E-state index is -1.06. The Morgan fingerprint density at radius 2 is 2.40 bits per heavy atom. The third-order valence-electron chi connectivity index (χ3n) is 2.20. The second-order valence-electron chi connectivity index (χ2n) is 3.13. The molecule has 15 heavy (non-hydrogen) atoms. The molecule has 0 unspecified atom stereocenters. The Balaban J connectivity index is 2.82. The predicted octanol–water partition coefficient (Wildman–Crippen LogP) is 1.44. The maximum atomic E-state index is 10.8. The lowest BCUT2D eigenvalue weighted by atomic mass is 10.1. The molecule has 5 heteroatoms. The first-order valence-electron chi connectivity index (χ1n) is 4.25. The summed E-state index contributed by atoms with van der Waals surface area (Å²) in [5.74, 6) is -1.06. The Labute approximate surface area is 85.0 Å². The minimum Gasteiger partial charge on any atom is -0.477 e. The first-order chi connectivity index (χ1) is 7.13. The first-order valence-corrected chi connectivity index (χ1v) is 4.25. The van der Waals surface area contributed by atoms with Crippen LogP contribution >= 0.6 is 0 Å². The van der Waals surface area contributed by atoms with Gasteiger partial charge in [0.15, 0.2) is 0 Å². The van der Waals surface area contributed by atoms with Crippen molar-refractivity contribution >= 4 is 16.9 Å². The predicted molar refractivity (Wildman–Crippen MR) is 52.5 cm³/mol. The number of carbonyl (C=O) groups is 1. The normalized spacial score (nSPS) is 10.1. The maximum absolute atomic E-state index is 10.8. The molecule has 0 amide bonds. The number of pyridine rings is 1. The largest absolute Gasteiger partial charge is 0.477 e. The van der Waals surface area contributed by atoms with E-state index in [0.29, 0.717) is 22.2 Å². The monoisotopic (exact) mass is 201 g/mol. The van der Waals surface area contributed by atoms with E-state index < -0.39 is 5.97 Å². The molecule has 0 fully saturated rings. The van der Waals surface area contributed by atoms with E-state index in [4.69, 9.17) is 10.4 Å². The van der Waals surface area contributed by atoms with Crippen LogP contribution in [0.3, 0.4) is 0 Å². The van der Waals surface area contributed by atoms with Gasteiger partial charge in [-0.2, -0.15) is 5.26 Å². The number of hydrogen-bond donors (Lipinski definition) is 2. The number of aromatic amines is 1. The molecule has 0 aromatic carbocycles. The van der Waals surface area contributed by atoms with Gasteiger partial charge < -0.3 is 10.1 Å². The van der Waals surface area contributed by atoms with Crippen molar-refractivity contribution in [2.24, 2.45) is 0 Å². The Morgan fingerprint density at radius 3 is 3.00 bits per heavy atom. The molecule has 2 N–H and O–H groups in total. The zero-order valence-electron chi connectivity index (χ0n) is 7.90. The average molecular weight is 201 g/mol. The first kappa shape index (κ1) is 9.21. The summed E-state index contributed by atoms with van der Waals surface area (Å²) in [5.41, 5.74) is 1.61. The molecule has 0 aliphatic heterocycles. The molecular weight excluding hydrogens is 194 g/mol. The molecule has 0 saturated heterocycles. The van der Waals surface area contributed by atoms with Crippen LogP contribution in [0.1, 0.15) is 21.7 Å². The number of carboxylic acids is 1. The third kappa shape index (κ3) is 1.32. The molecular formula is C10H7N3O2. The van der Waals surface area contributed by atoms with E-state index in [9.17, 15) is 4.79 Å². The molecule has 0 aliphatic rings. The van der Waals surface area contributed by atoms with Gasteiger partial charge in [-0.3, -0.25) is 4.98 Å². The fourth-order valence-corrected chi connectivity index (χ4v) is 1.44. The van der Waals surface area contributed by atoms with E-state index >= 15 is 0 Å². The summed E-state index contributed by atoms with van der Waals surface area (Å²) in [4.78, 5) is 17.6. The van der Waals surface area contributed by atoms with Gasteiger partial charge in [-0.15, -0.1) is 0 Å². The Hall–Kier alpha value is -2.35. The van der Waals surface area contributed by atoms with Crippen LogP contribution in [0.4, 0.5) is 0 Å². The Morgan fingerprint density at radius 1 is 1.67 bits per heavy atom. The van der Waals surface area contributed by atoms with E-state index in [1.54, 1.807) is 6.92 Å². The summed E-state index contributed by atoms with van der Waals surface area (Å²) in [7, 11) is 0. The number of hydrogen-bond acceptors (Lipinski definition) is 3. The molecule has 0 radical (unpaired) electrons. The third-order valence-corrected chi connectivity index (χ3v) is 2.20. The van der Waals surface area contributed by atoms with Crippen LogP contribution in [0, 0.1) is 18.3 Å². The number of nitrogens with zero attached hydrogens (tertiary/aromatic N) is 2. The van der Waals surface area contributed by atoms with Crippen molar-refractivity contribution in [3.8, 4) is 6.07 Å². The van der Waals surface area contributed by atoms with Gasteiger partial charge >= 0.3 is 5.97 Å². The quantitative estimate of drug-likeness (QED) is 0.730. The molecule has 0 saturated carbocycles. The summed E-state index contributed by atoms with van der Waals surface area (Å²) in [6, 6.07) is 3.51. The van der Waals surface area contributed by atoms with Crippen LogP contribution in [0.15, 0.2) is 12.3 Å². The van der Waals surface area contributed by atoms with E-state index in [-0.39, 0.29) is 5.69 Å². The number of nitrogens with one attached hydrogen (secondary N) is 1. The summed E-state index contributed by atoms with van der Waals surface area (Å²) >= 11 is 0. The summed E-state index contributed by atoms with van der Waals surface area (Å²) < 4.78 is 0. The molecule has 2 rings (SSSR count). The number of nitriles is 1. The lowest BCUT2D eigenvalue weighted by molar-refractivity contribution is 0.0693. The molecule has 74 valence electrons. The zero-order chi connectivity index (χ0) is 11.0. The van der Waals surface area contributed by atoms with Crippen molar-refractivity contribution in [2.45, 2.75) is 6.92 Å². The van der Waals surface area contributed by atoms with Crippen molar-refractivity contribution < 1.29 is 9.90 Å². The average Bonchev–Trinajstić information content (AvgIpc) is 2.59. The number of H-pyrrole nitrogens is 1. The standard InChI is InChI=1S/C10H7N3O2/c1-5-6(3-11)2-7-8(13-5)4-12-9(7)10(14)15/h2,4,12H,1H3,(H,14,15). The fourth-order valence-electron chi connectivity index (χ4n) is 1.44. The molecule has 0 atom stereocenters. The molecule has 0 bridgehead atoms. The fraction of sp³-hybridized carbons (Fsp3) is 0.100. The summed E-state index contributed by atoms with van der Waals surface area (Å²) in [6.07, 6.45) is 1.52. The smallest absolute Gasteiger partial charge is 0.353 e. The number of aromatic nitrogens is 2. The zero-order valence-corrected chi connectivity index (χ0v) is 7.90. The van der Waals surface area contributed by atoms with E-state index in [1.807, 2.05) is 6.07 Å². The highest BCUT2D eigenvalue weighted by atomic mass is 16.4. The van der Waals surface area contributed by atoms with E-state index in [1.165, 1.54) is 12.3 Å². The van der Waals surface area contributed by atoms with E-state index in [2.05, 4.69) is 9.97 Å². The number of aryl methyl sites for hydroxylation is 1. The van der Waals surface area contributed by atoms with Crippen LogP contribution < -0.4 is 0 Å². The number of aromatic carboxylic acids is 1. The SMILES string of the molecule is Cc1nc2c[nH]c(C(=O)O)c2cc1C#N. The molecule has 5 nitrogen and oxygen atoms in total. The van der Waals surface area contributed by atoms with Crippen molar-refractivity contribution in [3.63, 3.8) is 0 Å². The molecule has 0 spiro atoms. The number of carboxylic acid groups (broad SMARTS) is 1. The summed E-state index contributed by atoms with van der Waals surface area (Å²) in [5, 5.41) is 18.1. The van der Waals surface area contributed by atoms with Gasteiger partial charge in [0.1, 0.15) is 11.8 Å². The van der Waals surface area contributed by atoms with Crippen LogP contribution in [0.5, 0.6) is 0 Å². The maximum Gasteiger partial charge on any atom is 0.353 e. The van der Waals surface area contributed by atoms with Gasteiger partial charge in [-0.1, -0.05) is 0 Å². The van der Waals surface area contributed by atoms with E-state index in [0.717, 1.165) is 0 Å². The molecule has 0 aliphatic carbocycles. The van der Waals surface area contributed by atoms with Gasteiger partial charge in [0.25, 0.3) is 0 Å². The van der Waals surface area contributed by atoms with Gasteiger partial charge in [0.05, 0.1) is 16.8 Å². The second-order valence-corrected chi connectivity index (χ2v) is 3.13. The molecule has 2 heterocycles. The second kappa shape index (κ2) is 3.10. The van der Waals surface area contributed by atoms with Crippen LogP contribution in [-0.2, 0) is 0 Å². The van der Waals surface area contributed by atoms with Crippen LogP contribution in [-0.4, -0.2) is 21.0 Å². The number of rotatable bonds is 1. The number of fused-ring (bicyclic) bond motifs is 1. The van der Waals surface area contributed by atoms with Gasteiger partial charge in [-0.25, -0.2) is 4.79 Å². The highest BCUT2D eigenvalue weighted by Gasteiger charge is 2.13. The van der Waals surface area contributed by atoms with Crippen molar-refractivity contribution in [3.05, 3.63) is 29.2 Å². The highest BCUT2D eigenvalue weighted by molar-refractivity contribution is 6.01. The van der Waals surface area contributed by atoms with Gasteiger partial charge in [0.2, 0.25) is 0 Å². The minimum absolute atomic E-state index is 0.0639. The molecule has 2 aromatic heterocycles. The Bertz CT molecular complexity index is 592. The Kier molecular flexibility index (Phi) is 1.90. The van der Waals surface area contributed by atoms with Gasteiger partial charge in [0, 0.05) is 11.6 Å². The van der Waals surface area contributed by atoms with Gasteiger partial charge in [-0.05, 0) is 13.0 Å². The lowest BCUT2D eigenvalue weighted by Gasteiger charge is -1.97. The van der Waals surface area contributed by atoms with Crippen molar-refractivity contribution in [1.29, 1.82) is 5.26 Å². The van der Waals surface area contributed by atoms with Crippen LogP contribution in [0.25, 0.3) is 10.9 Å². The van der Waals surface area contributed by atoms with Crippen molar-refractivity contribution in [2.75, 3.05) is 0 Å². The summed E-state index contributed by atoms with van der Waals surface area (Å²) in [6.45, 7) is 1.71. The lowest BCUT2D eigenvalue weighted by Crippen LogP contribution is -1.97. The van der Waals surface area contributed by atoms with Crippen molar-refractivity contribution in [1.82, 2.24) is 9.97 Å².